The lowest BCUT2D eigenvalue weighted by Gasteiger charge is -2.10. The molecule has 0 saturated heterocycles. The van der Waals surface area contributed by atoms with Gasteiger partial charge in [-0.05, 0) is 73.8 Å². The van der Waals surface area contributed by atoms with E-state index in [9.17, 15) is 4.79 Å². The molecule has 0 saturated carbocycles. The number of rotatable bonds is 7. The minimum Gasteiger partial charge on any atom is -0.317 e. The molecule has 0 aliphatic heterocycles. The van der Waals surface area contributed by atoms with Crippen molar-refractivity contribution in [1.29, 1.82) is 0 Å². The van der Waals surface area contributed by atoms with E-state index in [1.807, 2.05) is 0 Å². The summed E-state index contributed by atoms with van der Waals surface area (Å²) in [6.45, 7) is 10.4. The zero-order chi connectivity index (χ0) is 22.5. The van der Waals surface area contributed by atoms with Crippen molar-refractivity contribution >= 4 is 39.8 Å². The summed E-state index contributed by atoms with van der Waals surface area (Å²) in [5.41, 5.74) is 11.8. The number of halogens is 1. The highest BCUT2D eigenvalue weighted by atomic mass is 79.9. The first-order valence-electron chi connectivity index (χ1n) is 10.2. The maximum Gasteiger partial charge on any atom is 0.250 e. The molecule has 0 fully saturated rings. The van der Waals surface area contributed by atoms with Crippen molar-refractivity contribution in [3.05, 3.63) is 86.1 Å². The number of aromatic nitrogens is 1. The van der Waals surface area contributed by atoms with Crippen molar-refractivity contribution in [3.8, 4) is 5.69 Å². The van der Waals surface area contributed by atoms with Gasteiger partial charge in [0.1, 0.15) is 0 Å². The van der Waals surface area contributed by atoms with Gasteiger partial charge >= 0.3 is 0 Å². The Morgan fingerprint density at radius 1 is 1.03 bits per heavy atom. The highest BCUT2D eigenvalue weighted by Crippen LogP contribution is 2.29. The van der Waals surface area contributed by atoms with Crippen molar-refractivity contribution in [1.82, 2.24) is 9.99 Å². The minimum absolute atomic E-state index is 0.103. The van der Waals surface area contributed by atoms with Gasteiger partial charge in [-0.3, -0.25) is 4.79 Å². The molecular formula is C25H28BrN3OS. The molecule has 1 aromatic heterocycles. The highest BCUT2D eigenvalue weighted by Gasteiger charge is 2.15. The summed E-state index contributed by atoms with van der Waals surface area (Å²) in [6.07, 6.45) is 1.71. The Hall–Kier alpha value is -2.31. The number of benzene rings is 2. The molecule has 3 rings (SSSR count). The van der Waals surface area contributed by atoms with Gasteiger partial charge in [0.05, 0.1) is 12.0 Å². The van der Waals surface area contributed by atoms with Crippen molar-refractivity contribution < 1.29 is 4.79 Å². The van der Waals surface area contributed by atoms with E-state index >= 15 is 0 Å². The number of carbonyl (C=O) groups is 1. The van der Waals surface area contributed by atoms with Crippen LogP contribution in [0.25, 0.3) is 5.69 Å². The second kappa shape index (κ2) is 10.3. The Balaban J connectivity index is 1.61. The fourth-order valence-corrected chi connectivity index (χ4v) is 5.06. The van der Waals surface area contributed by atoms with Gasteiger partial charge < -0.3 is 4.57 Å². The molecule has 1 amide bonds. The van der Waals surface area contributed by atoms with Crippen molar-refractivity contribution in [2.75, 3.05) is 5.75 Å². The Bertz CT molecular complexity index is 1110. The van der Waals surface area contributed by atoms with Crippen LogP contribution in [0.2, 0.25) is 0 Å². The molecule has 0 atom stereocenters. The molecule has 1 N–H and O–H groups in total. The van der Waals surface area contributed by atoms with Crippen LogP contribution in [0.1, 0.15) is 39.2 Å². The molecule has 1 heterocycles. The zero-order valence-corrected chi connectivity index (χ0v) is 21.0. The molecule has 162 valence electrons. The molecule has 6 heteroatoms. The van der Waals surface area contributed by atoms with E-state index in [2.05, 4.69) is 108 Å². The molecule has 0 radical (unpaired) electrons. The maximum atomic E-state index is 12.2. The van der Waals surface area contributed by atoms with Gasteiger partial charge in [0, 0.05) is 32.9 Å². The lowest BCUT2D eigenvalue weighted by molar-refractivity contribution is -0.118. The van der Waals surface area contributed by atoms with E-state index in [1.54, 1.807) is 18.0 Å². The number of amides is 1. The first-order chi connectivity index (χ1) is 14.8. The van der Waals surface area contributed by atoms with Crippen LogP contribution in [-0.2, 0) is 10.5 Å². The Morgan fingerprint density at radius 2 is 1.74 bits per heavy atom. The van der Waals surface area contributed by atoms with Crippen molar-refractivity contribution in [2.24, 2.45) is 5.10 Å². The lowest BCUT2D eigenvalue weighted by atomic mass is 10.1. The predicted octanol–water partition coefficient (Wildman–Crippen LogP) is 6.17. The molecule has 0 aliphatic rings. The van der Waals surface area contributed by atoms with E-state index in [4.69, 9.17) is 0 Å². The molecule has 0 bridgehead atoms. The SMILES string of the molecule is Cc1cc(C)cc(CSCC(=O)N/N=C\c2c(Br)c(C)n(-c3cccc(C)c3)c2C)c1. The standard InChI is InChI=1S/C25H28BrN3OS/c1-16-7-6-8-22(12-16)29-19(4)23(25(26)20(29)5)13-27-28-24(30)15-31-14-21-10-17(2)9-18(3)11-21/h6-13H,14-15H2,1-5H3,(H,28,30)/b27-13-. The fourth-order valence-electron chi connectivity index (χ4n) is 3.74. The van der Waals surface area contributed by atoms with Gasteiger partial charge in [0.25, 0.3) is 0 Å². The molecule has 4 nitrogen and oxygen atoms in total. The lowest BCUT2D eigenvalue weighted by Crippen LogP contribution is -2.19. The number of aryl methyl sites for hydroxylation is 3. The van der Waals surface area contributed by atoms with E-state index in [1.165, 1.54) is 22.3 Å². The summed E-state index contributed by atoms with van der Waals surface area (Å²) in [5, 5.41) is 4.20. The van der Waals surface area contributed by atoms with Crippen LogP contribution in [0.5, 0.6) is 0 Å². The van der Waals surface area contributed by atoms with E-state index in [0.717, 1.165) is 32.9 Å². The van der Waals surface area contributed by atoms with Crippen molar-refractivity contribution in [2.45, 2.75) is 40.4 Å². The number of hydrogen-bond acceptors (Lipinski definition) is 3. The quantitative estimate of drug-likeness (QED) is 0.313. The normalized spacial score (nSPS) is 11.3. The second-order valence-electron chi connectivity index (χ2n) is 7.85. The number of thioether (sulfide) groups is 1. The van der Waals surface area contributed by atoms with Crippen LogP contribution < -0.4 is 5.43 Å². The summed E-state index contributed by atoms with van der Waals surface area (Å²) in [5.74, 6) is 1.07. The molecule has 0 spiro atoms. The zero-order valence-electron chi connectivity index (χ0n) is 18.6. The third kappa shape index (κ3) is 5.89. The van der Waals surface area contributed by atoms with Gasteiger partial charge in [-0.15, -0.1) is 11.8 Å². The average Bonchev–Trinajstić information content (AvgIpc) is 2.90. The first-order valence-corrected chi connectivity index (χ1v) is 12.1. The Labute approximate surface area is 197 Å². The van der Waals surface area contributed by atoms with E-state index < -0.39 is 0 Å². The smallest absolute Gasteiger partial charge is 0.250 e. The monoisotopic (exact) mass is 497 g/mol. The van der Waals surface area contributed by atoms with Crippen LogP contribution in [-0.4, -0.2) is 22.4 Å². The fraction of sp³-hybridized carbons (Fsp3) is 0.280. The maximum absolute atomic E-state index is 12.2. The van der Waals surface area contributed by atoms with Gasteiger partial charge in [0.15, 0.2) is 0 Å². The largest absolute Gasteiger partial charge is 0.317 e. The number of nitrogens with one attached hydrogen (secondary N) is 1. The molecule has 0 aliphatic carbocycles. The topological polar surface area (TPSA) is 46.4 Å². The van der Waals surface area contributed by atoms with Crippen LogP contribution in [0.3, 0.4) is 0 Å². The molecule has 3 aromatic rings. The van der Waals surface area contributed by atoms with Crippen LogP contribution in [0.4, 0.5) is 0 Å². The van der Waals surface area contributed by atoms with E-state index in [0.29, 0.717) is 5.75 Å². The molecule has 2 aromatic carbocycles. The average molecular weight is 498 g/mol. The van der Waals surface area contributed by atoms with Crippen LogP contribution >= 0.6 is 27.7 Å². The summed E-state index contributed by atoms with van der Waals surface area (Å²) in [7, 11) is 0. The Kier molecular flexibility index (Phi) is 7.79. The second-order valence-corrected chi connectivity index (χ2v) is 9.63. The Morgan fingerprint density at radius 3 is 2.42 bits per heavy atom. The highest BCUT2D eigenvalue weighted by molar-refractivity contribution is 9.10. The van der Waals surface area contributed by atoms with Gasteiger partial charge in [-0.1, -0.05) is 41.5 Å². The van der Waals surface area contributed by atoms with Gasteiger partial charge in [0.2, 0.25) is 5.91 Å². The number of nitrogens with zero attached hydrogens (tertiary/aromatic N) is 2. The van der Waals surface area contributed by atoms with Gasteiger partial charge in [-0.25, -0.2) is 5.43 Å². The first kappa shape index (κ1) is 23.4. The molecule has 31 heavy (non-hydrogen) atoms. The summed E-state index contributed by atoms with van der Waals surface area (Å²) in [4.78, 5) is 12.2. The number of carbonyl (C=O) groups excluding carboxylic acids is 1. The molecular weight excluding hydrogens is 470 g/mol. The van der Waals surface area contributed by atoms with Crippen molar-refractivity contribution in [3.63, 3.8) is 0 Å². The third-order valence-electron chi connectivity index (χ3n) is 5.04. The summed E-state index contributed by atoms with van der Waals surface area (Å²) in [6, 6.07) is 14.9. The summed E-state index contributed by atoms with van der Waals surface area (Å²) < 4.78 is 3.17. The number of hydrazone groups is 1. The third-order valence-corrected chi connectivity index (χ3v) is 7.05. The minimum atomic E-state index is -0.103. The van der Waals surface area contributed by atoms with Crippen LogP contribution in [0, 0.1) is 34.6 Å². The number of hydrogen-bond donors (Lipinski definition) is 1. The molecule has 0 unspecified atom stereocenters. The summed E-state index contributed by atoms with van der Waals surface area (Å²) >= 11 is 5.28. The van der Waals surface area contributed by atoms with E-state index in [-0.39, 0.29) is 5.91 Å². The van der Waals surface area contributed by atoms with Gasteiger partial charge in [-0.2, -0.15) is 5.10 Å². The van der Waals surface area contributed by atoms with Crippen LogP contribution in [0.15, 0.2) is 52.0 Å². The predicted molar refractivity (Wildman–Crippen MR) is 135 cm³/mol.